The summed E-state index contributed by atoms with van der Waals surface area (Å²) in [6.45, 7) is 6.98. The summed E-state index contributed by atoms with van der Waals surface area (Å²) in [5, 5.41) is 3.37. The van der Waals surface area contributed by atoms with Crippen LogP contribution in [0.5, 0.6) is 0 Å². The molecule has 4 nitrogen and oxygen atoms in total. The molecule has 0 radical (unpaired) electrons. The summed E-state index contributed by atoms with van der Waals surface area (Å²) < 4.78 is 49.9. The van der Waals surface area contributed by atoms with Crippen LogP contribution in [-0.4, -0.2) is 18.6 Å². The molecular formula is C25H31BrF3N3O. The minimum Gasteiger partial charge on any atom is -0.462 e. The number of nitrogens with zero attached hydrogens (tertiary/aromatic N) is 1. The molecule has 1 aliphatic rings. The molecular weight excluding hydrogens is 495 g/mol. The molecule has 0 aromatic heterocycles. The van der Waals surface area contributed by atoms with Gasteiger partial charge in [-0.15, -0.1) is 0 Å². The number of rotatable bonds is 8. The van der Waals surface area contributed by atoms with E-state index in [2.05, 4.69) is 32.3 Å². The Morgan fingerprint density at radius 2 is 2.00 bits per heavy atom. The highest BCUT2D eigenvalue weighted by Gasteiger charge is 2.40. The van der Waals surface area contributed by atoms with Gasteiger partial charge in [-0.3, -0.25) is 0 Å². The largest absolute Gasteiger partial charge is 0.462 e. The minimum absolute atomic E-state index is 0.0116. The first kappa shape index (κ1) is 25.4. The number of benzene rings is 2. The van der Waals surface area contributed by atoms with Crippen molar-refractivity contribution < 1.29 is 17.9 Å². The smallest absolute Gasteiger partial charge is 0.283 e. The highest BCUT2D eigenvalue weighted by molar-refractivity contribution is 9.10. The number of hydrogen-bond donors (Lipinski definition) is 2. The third-order valence-corrected chi connectivity index (χ3v) is 6.71. The van der Waals surface area contributed by atoms with Crippen molar-refractivity contribution in [3.05, 3.63) is 63.4 Å². The molecule has 1 unspecified atom stereocenters. The molecule has 33 heavy (non-hydrogen) atoms. The molecule has 0 bridgehead atoms. The van der Waals surface area contributed by atoms with Crippen LogP contribution in [0.2, 0.25) is 0 Å². The molecule has 0 spiro atoms. The summed E-state index contributed by atoms with van der Waals surface area (Å²) >= 11 is 3.49. The van der Waals surface area contributed by atoms with Crippen LogP contribution >= 0.6 is 15.9 Å². The first-order valence-electron chi connectivity index (χ1n) is 11.2. The molecule has 8 heteroatoms. The second kappa shape index (κ2) is 10.4. The highest BCUT2D eigenvalue weighted by atomic mass is 79.9. The Balaban J connectivity index is 1.91. The van der Waals surface area contributed by atoms with E-state index >= 15 is 0 Å². The van der Waals surface area contributed by atoms with Crippen molar-refractivity contribution in [2.24, 2.45) is 16.6 Å². The van der Waals surface area contributed by atoms with Crippen molar-refractivity contribution >= 4 is 27.6 Å². The van der Waals surface area contributed by atoms with Gasteiger partial charge in [0.15, 0.2) is 5.54 Å². The van der Waals surface area contributed by atoms with E-state index in [1.54, 1.807) is 6.07 Å². The van der Waals surface area contributed by atoms with Crippen molar-refractivity contribution in [1.29, 1.82) is 0 Å². The monoisotopic (exact) mass is 525 g/mol. The summed E-state index contributed by atoms with van der Waals surface area (Å²) in [6.07, 6.45) is -0.852. The SMILES string of the molecule is CC[C@@H](OC(N)=NC(C)(c1cc(N[C@@H]2CCc3cc(Br)ccc32)ccc1F)C(F)F)C(C)C. The van der Waals surface area contributed by atoms with Crippen LogP contribution in [0.3, 0.4) is 0 Å². The second-order valence-electron chi connectivity index (χ2n) is 8.98. The number of anilines is 1. The second-order valence-corrected chi connectivity index (χ2v) is 9.90. The lowest BCUT2D eigenvalue weighted by molar-refractivity contribution is 0.0570. The van der Waals surface area contributed by atoms with E-state index < -0.39 is 17.8 Å². The Labute approximate surface area is 201 Å². The molecule has 0 aliphatic heterocycles. The van der Waals surface area contributed by atoms with Crippen LogP contribution in [0.4, 0.5) is 18.9 Å². The van der Waals surface area contributed by atoms with Gasteiger partial charge in [-0.2, -0.15) is 0 Å². The van der Waals surface area contributed by atoms with E-state index in [9.17, 15) is 13.2 Å². The lowest BCUT2D eigenvalue weighted by atomic mass is 9.92. The zero-order chi connectivity index (χ0) is 24.3. The number of aliphatic imine (C=N–C) groups is 1. The molecule has 0 saturated carbocycles. The summed E-state index contributed by atoms with van der Waals surface area (Å²) in [6, 6.07) is 9.87. The number of amidine groups is 1. The van der Waals surface area contributed by atoms with Crippen LogP contribution in [0, 0.1) is 11.7 Å². The van der Waals surface area contributed by atoms with Gasteiger partial charge in [-0.1, -0.05) is 42.8 Å². The summed E-state index contributed by atoms with van der Waals surface area (Å²) in [5.41, 5.74) is 6.38. The standard InChI is InChI=1S/C25H31BrF3N3O/c1-5-22(14(2)3)33-24(30)32-25(4,23(28)29)19-13-17(8-10-20(19)27)31-21-11-6-15-12-16(26)7-9-18(15)21/h7-10,12-14,21-23,31H,5-6,11H2,1-4H3,(H2,30,32)/t21-,22-,25?/m1/s1. The van der Waals surface area contributed by atoms with Crippen LogP contribution in [0.1, 0.15) is 63.3 Å². The van der Waals surface area contributed by atoms with Gasteiger partial charge in [0.25, 0.3) is 12.4 Å². The van der Waals surface area contributed by atoms with Crippen LogP contribution in [0.15, 0.2) is 45.9 Å². The highest BCUT2D eigenvalue weighted by Crippen LogP contribution is 2.39. The van der Waals surface area contributed by atoms with Crippen molar-refractivity contribution in [2.45, 2.75) is 71.1 Å². The third-order valence-electron chi connectivity index (χ3n) is 6.22. The third kappa shape index (κ3) is 5.65. The average Bonchev–Trinajstić information content (AvgIpc) is 3.14. The van der Waals surface area contributed by atoms with Crippen molar-refractivity contribution in [3.8, 4) is 0 Å². The van der Waals surface area contributed by atoms with Gasteiger partial charge in [0, 0.05) is 15.7 Å². The molecule has 3 rings (SSSR count). The van der Waals surface area contributed by atoms with Crippen LogP contribution in [0.25, 0.3) is 0 Å². The fraction of sp³-hybridized carbons (Fsp3) is 0.480. The van der Waals surface area contributed by atoms with Crippen molar-refractivity contribution in [1.82, 2.24) is 0 Å². The summed E-state index contributed by atoms with van der Waals surface area (Å²) in [5.74, 6) is -0.646. The maximum atomic E-state index is 14.8. The van der Waals surface area contributed by atoms with E-state index in [0.717, 1.165) is 22.9 Å². The summed E-state index contributed by atoms with van der Waals surface area (Å²) in [4.78, 5) is 3.98. The normalized spacial score (nSPS) is 18.8. The van der Waals surface area contributed by atoms with E-state index in [-0.39, 0.29) is 29.6 Å². The molecule has 0 heterocycles. The summed E-state index contributed by atoms with van der Waals surface area (Å²) in [7, 11) is 0. The number of nitrogens with two attached hydrogens (primary N) is 1. The number of alkyl halides is 2. The first-order valence-corrected chi connectivity index (χ1v) is 12.0. The maximum absolute atomic E-state index is 14.8. The van der Waals surface area contributed by atoms with Gasteiger partial charge in [0.05, 0.1) is 6.04 Å². The number of nitrogens with one attached hydrogen (secondary N) is 1. The van der Waals surface area contributed by atoms with Gasteiger partial charge in [0.1, 0.15) is 11.9 Å². The molecule has 1 aliphatic carbocycles. The lowest BCUT2D eigenvalue weighted by Crippen LogP contribution is -2.36. The molecule has 0 saturated heterocycles. The van der Waals surface area contributed by atoms with Gasteiger partial charge >= 0.3 is 0 Å². The predicted octanol–water partition coefficient (Wildman–Crippen LogP) is 6.93. The Bertz CT molecular complexity index is 1010. The fourth-order valence-corrected chi connectivity index (χ4v) is 4.68. The van der Waals surface area contributed by atoms with Gasteiger partial charge < -0.3 is 15.8 Å². The molecule has 0 amide bonds. The topological polar surface area (TPSA) is 59.6 Å². The maximum Gasteiger partial charge on any atom is 0.283 e. The first-order chi connectivity index (χ1) is 15.5. The van der Waals surface area contributed by atoms with Gasteiger partial charge in [-0.05, 0) is 73.6 Å². The molecule has 2 aromatic carbocycles. The number of fused-ring (bicyclic) bond motifs is 1. The van der Waals surface area contributed by atoms with Gasteiger partial charge in [0.2, 0.25) is 0 Å². The number of halogens is 4. The molecule has 2 aromatic rings. The van der Waals surface area contributed by atoms with E-state index in [1.165, 1.54) is 24.6 Å². The number of ether oxygens (including phenoxy) is 1. The fourth-order valence-electron chi connectivity index (χ4n) is 4.27. The minimum atomic E-state index is -2.99. The average molecular weight is 526 g/mol. The zero-order valence-electron chi connectivity index (χ0n) is 19.3. The van der Waals surface area contributed by atoms with Crippen molar-refractivity contribution in [2.75, 3.05) is 5.32 Å². The molecule has 3 atom stereocenters. The Kier molecular flexibility index (Phi) is 7.98. The van der Waals surface area contributed by atoms with Crippen molar-refractivity contribution in [3.63, 3.8) is 0 Å². The van der Waals surface area contributed by atoms with E-state index in [1.807, 2.05) is 32.9 Å². The predicted molar refractivity (Wildman–Crippen MR) is 130 cm³/mol. The molecule has 3 N–H and O–H groups in total. The van der Waals surface area contributed by atoms with E-state index in [4.69, 9.17) is 10.5 Å². The zero-order valence-corrected chi connectivity index (χ0v) is 20.9. The Morgan fingerprint density at radius 1 is 1.27 bits per heavy atom. The van der Waals surface area contributed by atoms with E-state index in [0.29, 0.717) is 12.1 Å². The number of aryl methyl sites for hydroxylation is 1. The van der Waals surface area contributed by atoms with Crippen LogP contribution in [-0.2, 0) is 16.7 Å². The van der Waals surface area contributed by atoms with Crippen LogP contribution < -0.4 is 11.1 Å². The molecule has 180 valence electrons. The Morgan fingerprint density at radius 3 is 2.64 bits per heavy atom. The Hall–Kier alpha value is -2.22. The lowest BCUT2D eigenvalue weighted by Gasteiger charge is -2.28. The molecule has 0 fully saturated rings. The van der Waals surface area contributed by atoms with Gasteiger partial charge in [-0.25, -0.2) is 18.2 Å². The quantitative estimate of drug-likeness (QED) is 0.290. The number of hydrogen-bond acceptors (Lipinski definition) is 3.